The molecule has 3 aromatic heterocycles. The van der Waals surface area contributed by atoms with Crippen molar-refractivity contribution in [2.24, 2.45) is 0 Å². The van der Waals surface area contributed by atoms with Crippen LogP contribution in [-0.2, 0) is 35.5 Å². The van der Waals surface area contributed by atoms with Crippen LogP contribution >= 0.6 is 11.3 Å². The summed E-state index contributed by atoms with van der Waals surface area (Å²) < 4.78 is 102. The summed E-state index contributed by atoms with van der Waals surface area (Å²) in [6, 6.07) is 2.55. The van der Waals surface area contributed by atoms with Crippen LogP contribution in [0, 0.1) is 0 Å². The van der Waals surface area contributed by atoms with E-state index in [1.165, 1.54) is 30.7 Å². The average Bonchev–Trinajstić information content (AvgIpc) is 3.39. The largest absolute Gasteiger partial charge is 0.491 e. The molecule has 0 spiro atoms. The fraction of sp³-hybridized carbons (Fsp3) is 0.238. The first-order valence-corrected chi connectivity index (χ1v) is 11.9. The number of H-pyrrole nitrogens is 1. The maximum Gasteiger partial charge on any atom is 0.416 e. The molecule has 0 bridgehead atoms. The second-order valence-corrected chi connectivity index (χ2v) is 9.30. The molecule has 0 aliphatic carbocycles. The molecule has 0 aliphatic rings. The van der Waals surface area contributed by atoms with Crippen LogP contribution < -0.4 is 9.47 Å². The third-order valence-electron chi connectivity index (χ3n) is 4.78. The van der Waals surface area contributed by atoms with E-state index < -0.39 is 40.9 Å². The van der Waals surface area contributed by atoms with Crippen LogP contribution in [0.15, 0.2) is 46.4 Å². The SMILES string of the molecule is COc1c(OCc2cc(C(F)(F)F)cc(C(F)(F)F)c2)ccnc1CS(=O)c1nc2cscc2[nH]1. The van der Waals surface area contributed by atoms with Gasteiger partial charge in [0.15, 0.2) is 16.7 Å². The quantitative estimate of drug-likeness (QED) is 0.296. The zero-order valence-corrected chi connectivity index (χ0v) is 19.3. The van der Waals surface area contributed by atoms with Crippen molar-refractivity contribution in [2.75, 3.05) is 7.11 Å². The number of nitrogens with one attached hydrogen (secondary N) is 1. The zero-order valence-electron chi connectivity index (χ0n) is 17.7. The Morgan fingerprint density at radius 3 is 2.34 bits per heavy atom. The van der Waals surface area contributed by atoms with E-state index >= 15 is 0 Å². The molecule has 0 fully saturated rings. The van der Waals surface area contributed by atoms with Crippen LogP contribution in [0.25, 0.3) is 11.0 Å². The highest BCUT2D eigenvalue weighted by Gasteiger charge is 2.37. The Kier molecular flexibility index (Phi) is 6.77. The lowest BCUT2D eigenvalue weighted by Gasteiger charge is -2.16. The molecule has 0 aliphatic heterocycles. The standard InChI is InChI=1S/C21H15F6N3O3S2/c1-32-18-16(10-35(31)19-29-14-8-34-9-15(14)30-19)28-3-2-17(18)33-7-11-4-12(20(22,23)24)6-13(5-11)21(25,26)27/h2-6,8-9H,7,10H2,1H3,(H,29,30). The molecule has 14 heteroatoms. The van der Waals surface area contributed by atoms with E-state index in [4.69, 9.17) is 9.47 Å². The van der Waals surface area contributed by atoms with E-state index in [0.717, 1.165) is 5.52 Å². The van der Waals surface area contributed by atoms with Crippen LogP contribution in [0.3, 0.4) is 0 Å². The van der Waals surface area contributed by atoms with Crippen molar-refractivity contribution in [1.29, 1.82) is 0 Å². The summed E-state index contributed by atoms with van der Waals surface area (Å²) in [7, 11) is -0.359. The highest BCUT2D eigenvalue weighted by atomic mass is 32.2. The summed E-state index contributed by atoms with van der Waals surface area (Å²) in [4.78, 5) is 11.3. The number of rotatable bonds is 7. The van der Waals surface area contributed by atoms with E-state index in [-0.39, 0.29) is 39.7 Å². The van der Waals surface area contributed by atoms with Gasteiger partial charge in [0.2, 0.25) is 0 Å². The lowest BCUT2D eigenvalue weighted by atomic mass is 10.1. The van der Waals surface area contributed by atoms with Crippen LogP contribution in [0.5, 0.6) is 11.5 Å². The third-order valence-corrected chi connectivity index (χ3v) is 6.67. The van der Waals surface area contributed by atoms with E-state index in [2.05, 4.69) is 15.0 Å². The number of benzene rings is 1. The molecular formula is C21H15F6N3O3S2. The summed E-state index contributed by atoms with van der Waals surface area (Å²) in [5.41, 5.74) is -1.62. The highest BCUT2D eigenvalue weighted by molar-refractivity contribution is 7.84. The molecule has 4 aromatic rings. The summed E-state index contributed by atoms with van der Waals surface area (Å²) in [5, 5.41) is 3.83. The molecule has 4 rings (SSSR count). The van der Waals surface area contributed by atoms with Gasteiger partial charge >= 0.3 is 12.4 Å². The molecular weight excluding hydrogens is 520 g/mol. The number of pyridine rings is 1. The number of methoxy groups -OCH3 is 1. The number of halogens is 6. The molecule has 3 heterocycles. The fourth-order valence-electron chi connectivity index (χ4n) is 3.19. The molecule has 35 heavy (non-hydrogen) atoms. The number of nitrogens with zero attached hydrogens (tertiary/aromatic N) is 2. The predicted octanol–water partition coefficient (Wildman–Crippen LogP) is 5.95. The molecule has 0 saturated heterocycles. The molecule has 1 N–H and O–H groups in total. The number of alkyl halides is 6. The van der Waals surface area contributed by atoms with Crippen LogP contribution in [0.4, 0.5) is 26.3 Å². The van der Waals surface area contributed by atoms with Crippen molar-refractivity contribution in [1.82, 2.24) is 15.0 Å². The Balaban J connectivity index is 1.57. The van der Waals surface area contributed by atoms with Crippen molar-refractivity contribution in [3.63, 3.8) is 0 Å². The summed E-state index contributed by atoms with van der Waals surface area (Å²) in [5.74, 6) is -0.0565. The van der Waals surface area contributed by atoms with E-state index in [1.54, 1.807) is 5.38 Å². The summed E-state index contributed by atoms with van der Waals surface area (Å²) in [6.45, 7) is -0.607. The van der Waals surface area contributed by atoms with Gasteiger partial charge in [-0.1, -0.05) is 0 Å². The molecule has 186 valence electrons. The molecule has 0 amide bonds. The maximum atomic E-state index is 13.1. The number of hydrogen-bond acceptors (Lipinski definition) is 6. The second-order valence-electron chi connectivity index (χ2n) is 7.19. The first-order valence-electron chi connectivity index (χ1n) is 9.69. The van der Waals surface area contributed by atoms with Crippen molar-refractivity contribution in [2.45, 2.75) is 29.9 Å². The van der Waals surface area contributed by atoms with E-state index in [9.17, 15) is 30.6 Å². The van der Waals surface area contributed by atoms with Crippen molar-refractivity contribution in [3.05, 3.63) is 63.6 Å². The van der Waals surface area contributed by atoms with Crippen molar-refractivity contribution in [3.8, 4) is 11.5 Å². The monoisotopic (exact) mass is 535 g/mol. The number of thiophene rings is 1. The number of ether oxygens (including phenoxy) is 2. The average molecular weight is 535 g/mol. The van der Waals surface area contributed by atoms with Gasteiger partial charge in [-0.3, -0.25) is 9.19 Å². The lowest BCUT2D eigenvalue weighted by molar-refractivity contribution is -0.143. The van der Waals surface area contributed by atoms with Crippen LogP contribution in [0.1, 0.15) is 22.4 Å². The van der Waals surface area contributed by atoms with Gasteiger partial charge in [0, 0.05) is 23.0 Å². The Labute approximate surface area is 200 Å². The second kappa shape index (κ2) is 9.49. The number of aromatic amines is 1. The minimum absolute atomic E-state index is 0.0143. The Morgan fingerprint density at radius 1 is 1.06 bits per heavy atom. The zero-order chi connectivity index (χ0) is 25.4. The number of imidazole rings is 1. The number of hydrogen-bond donors (Lipinski definition) is 1. The Hall–Kier alpha value is -3.13. The van der Waals surface area contributed by atoms with Gasteiger partial charge in [-0.05, 0) is 23.8 Å². The summed E-state index contributed by atoms with van der Waals surface area (Å²) in [6.07, 6.45) is -8.64. The van der Waals surface area contributed by atoms with Crippen LogP contribution in [-0.4, -0.2) is 26.3 Å². The van der Waals surface area contributed by atoms with E-state index in [1.807, 2.05) is 5.38 Å². The first-order chi connectivity index (χ1) is 16.5. The van der Waals surface area contributed by atoms with Gasteiger partial charge in [-0.2, -0.15) is 26.3 Å². The van der Waals surface area contributed by atoms with Crippen LogP contribution in [0.2, 0.25) is 0 Å². The van der Waals surface area contributed by atoms with Gasteiger partial charge in [0.05, 0.1) is 46.0 Å². The lowest BCUT2D eigenvalue weighted by Crippen LogP contribution is -2.12. The molecule has 0 saturated carbocycles. The molecule has 0 radical (unpaired) electrons. The van der Waals surface area contributed by atoms with Crippen molar-refractivity contribution >= 4 is 33.2 Å². The van der Waals surface area contributed by atoms with Gasteiger partial charge in [-0.15, -0.1) is 11.3 Å². The Morgan fingerprint density at radius 2 is 1.74 bits per heavy atom. The minimum Gasteiger partial charge on any atom is -0.491 e. The predicted molar refractivity (Wildman–Crippen MR) is 116 cm³/mol. The molecule has 1 unspecified atom stereocenters. The van der Waals surface area contributed by atoms with E-state index in [0.29, 0.717) is 17.6 Å². The fourth-order valence-corrected chi connectivity index (χ4v) is 4.90. The van der Waals surface area contributed by atoms with Gasteiger partial charge in [0.1, 0.15) is 12.1 Å². The third kappa shape index (κ3) is 5.59. The van der Waals surface area contributed by atoms with Gasteiger partial charge < -0.3 is 14.5 Å². The van der Waals surface area contributed by atoms with Crippen molar-refractivity contribution < 1.29 is 40.0 Å². The topological polar surface area (TPSA) is 77.1 Å². The molecule has 6 nitrogen and oxygen atoms in total. The minimum atomic E-state index is -4.97. The molecule has 1 atom stereocenters. The normalized spacial score (nSPS) is 13.2. The van der Waals surface area contributed by atoms with Gasteiger partial charge in [-0.25, -0.2) is 4.98 Å². The Bertz CT molecular complexity index is 1320. The maximum absolute atomic E-state index is 13.1. The number of aromatic nitrogens is 3. The highest BCUT2D eigenvalue weighted by Crippen LogP contribution is 2.37. The van der Waals surface area contributed by atoms with Gasteiger partial charge in [0.25, 0.3) is 0 Å². The first kappa shape index (κ1) is 25.0. The molecule has 1 aromatic carbocycles. The summed E-state index contributed by atoms with van der Waals surface area (Å²) >= 11 is 1.43. The smallest absolute Gasteiger partial charge is 0.416 e. The number of fused-ring (bicyclic) bond motifs is 1.